The van der Waals surface area contributed by atoms with Crippen LogP contribution < -0.4 is 0 Å². The molecule has 0 N–H and O–H groups in total. The average Bonchev–Trinajstić information content (AvgIpc) is 1.69. The molecule has 9 heavy (non-hydrogen) atoms. The number of carbonyl (C=O) groups excluding carboxylic acids is 1. The molecule has 0 fully saturated rings. The minimum atomic E-state index is 0. The van der Waals surface area contributed by atoms with Crippen LogP contribution in [0.3, 0.4) is 0 Å². The molecule has 2 heteroatoms. The number of carbonyl (C=O) groups is 1. The van der Waals surface area contributed by atoms with E-state index >= 15 is 0 Å². The molecule has 0 aromatic rings. The molecule has 0 atom stereocenters. The minimum Gasteiger partial charge on any atom is -0.300 e. The maximum Gasteiger partial charge on any atom is 0.132 e. The summed E-state index contributed by atoms with van der Waals surface area (Å²) in [6.07, 6.45) is 1.98. The first kappa shape index (κ1) is 11.9. The van der Waals surface area contributed by atoms with Gasteiger partial charge in [0, 0.05) is 22.7 Å². The molecule has 0 amide bonds. The Bertz CT molecular complexity index is 77.0. The molecule has 0 unspecified atom stereocenters. The van der Waals surface area contributed by atoms with Crippen molar-refractivity contribution in [3.8, 4) is 0 Å². The minimum absolute atomic E-state index is 0. The van der Waals surface area contributed by atoms with E-state index in [0.29, 0.717) is 11.7 Å². The third kappa shape index (κ3) is 4.67. The summed E-state index contributed by atoms with van der Waals surface area (Å²) in [6.45, 7) is 5.77. The van der Waals surface area contributed by atoms with Crippen LogP contribution in [0.5, 0.6) is 0 Å². The van der Waals surface area contributed by atoms with Gasteiger partial charge in [0.1, 0.15) is 5.78 Å². The molecule has 0 aliphatic carbocycles. The smallest absolute Gasteiger partial charge is 0.132 e. The summed E-state index contributed by atoms with van der Waals surface area (Å²) in [7, 11) is 0. The third-order valence-corrected chi connectivity index (χ3v) is 1.56. The summed E-state index contributed by atoms with van der Waals surface area (Å²) < 4.78 is 0. The molecule has 0 rings (SSSR count). The van der Waals surface area contributed by atoms with Gasteiger partial charge >= 0.3 is 0 Å². The van der Waals surface area contributed by atoms with Crippen LogP contribution in [0, 0.1) is 5.92 Å². The second-order valence-electron chi connectivity index (χ2n) is 2.12. The molecule has 0 aromatic heterocycles. The topological polar surface area (TPSA) is 17.1 Å². The van der Waals surface area contributed by atoms with Gasteiger partial charge in [-0.2, -0.15) is 0 Å². The van der Waals surface area contributed by atoms with E-state index in [0.717, 1.165) is 12.8 Å². The van der Waals surface area contributed by atoms with Crippen molar-refractivity contribution < 1.29 is 21.6 Å². The van der Waals surface area contributed by atoms with Gasteiger partial charge in [-0.3, -0.25) is 4.79 Å². The van der Waals surface area contributed by atoms with Crippen LogP contribution in [0.2, 0.25) is 0 Å². The largest absolute Gasteiger partial charge is 0.300 e. The Balaban J connectivity index is 0. The predicted octanol–water partition coefficient (Wildman–Crippen LogP) is 2.01. The second kappa shape index (κ2) is 6.30. The first-order valence-corrected chi connectivity index (χ1v) is 3.22. The zero-order valence-electron chi connectivity index (χ0n) is 6.23. The SMILES string of the molecule is CCC(CC)C(C)=O.[Co]. The summed E-state index contributed by atoms with van der Waals surface area (Å²) in [6, 6.07) is 0. The van der Waals surface area contributed by atoms with Crippen molar-refractivity contribution in [3.63, 3.8) is 0 Å². The summed E-state index contributed by atoms with van der Waals surface area (Å²) in [5.41, 5.74) is 0. The van der Waals surface area contributed by atoms with E-state index in [-0.39, 0.29) is 16.8 Å². The molecule has 0 spiro atoms. The van der Waals surface area contributed by atoms with Crippen LogP contribution in [0.15, 0.2) is 0 Å². The second-order valence-corrected chi connectivity index (χ2v) is 2.12. The fraction of sp³-hybridized carbons (Fsp3) is 0.857. The van der Waals surface area contributed by atoms with Crippen molar-refractivity contribution in [2.24, 2.45) is 5.92 Å². The molecular weight excluding hydrogens is 159 g/mol. The number of hydrogen-bond acceptors (Lipinski definition) is 1. The molecule has 0 bridgehead atoms. The zero-order chi connectivity index (χ0) is 6.57. The Hall–Kier alpha value is 0.176. The van der Waals surface area contributed by atoms with Gasteiger partial charge in [-0.05, 0) is 19.8 Å². The molecular formula is C7H14CoO. The summed E-state index contributed by atoms with van der Waals surface area (Å²) in [5, 5.41) is 0. The van der Waals surface area contributed by atoms with Crippen LogP contribution in [0.25, 0.3) is 0 Å². The van der Waals surface area contributed by atoms with E-state index in [4.69, 9.17) is 0 Å². The van der Waals surface area contributed by atoms with Gasteiger partial charge in [0.15, 0.2) is 0 Å². The molecule has 0 aromatic carbocycles. The van der Waals surface area contributed by atoms with E-state index in [9.17, 15) is 4.79 Å². The van der Waals surface area contributed by atoms with Crippen molar-refractivity contribution in [2.45, 2.75) is 33.6 Å². The average molecular weight is 173 g/mol. The van der Waals surface area contributed by atoms with Gasteiger partial charge in [-0.15, -0.1) is 0 Å². The fourth-order valence-corrected chi connectivity index (χ4v) is 0.864. The van der Waals surface area contributed by atoms with Gasteiger partial charge in [-0.25, -0.2) is 0 Å². The Morgan fingerprint density at radius 2 is 1.67 bits per heavy atom. The van der Waals surface area contributed by atoms with E-state index < -0.39 is 0 Å². The van der Waals surface area contributed by atoms with Crippen LogP contribution in [-0.4, -0.2) is 5.78 Å². The predicted molar refractivity (Wildman–Crippen MR) is 34.8 cm³/mol. The first-order valence-electron chi connectivity index (χ1n) is 3.22. The third-order valence-electron chi connectivity index (χ3n) is 1.56. The van der Waals surface area contributed by atoms with Crippen LogP contribution >= 0.6 is 0 Å². The summed E-state index contributed by atoms with van der Waals surface area (Å²) >= 11 is 0. The van der Waals surface area contributed by atoms with Crippen molar-refractivity contribution in [3.05, 3.63) is 0 Å². The maximum absolute atomic E-state index is 10.6. The monoisotopic (exact) mass is 173 g/mol. The Kier molecular flexibility index (Phi) is 8.34. The number of ketones is 1. The van der Waals surface area contributed by atoms with Crippen molar-refractivity contribution in [1.82, 2.24) is 0 Å². The standard InChI is InChI=1S/C7H14O.Co/c1-4-7(5-2)6(3)8;/h7H,4-5H2,1-3H3;. The Morgan fingerprint density at radius 3 is 1.67 bits per heavy atom. The zero-order valence-corrected chi connectivity index (χ0v) is 7.27. The van der Waals surface area contributed by atoms with Gasteiger partial charge in [0.2, 0.25) is 0 Å². The number of hydrogen-bond donors (Lipinski definition) is 0. The Morgan fingerprint density at radius 1 is 1.33 bits per heavy atom. The Labute approximate surface area is 67.4 Å². The van der Waals surface area contributed by atoms with Gasteiger partial charge < -0.3 is 0 Å². The quantitative estimate of drug-likeness (QED) is 0.638. The van der Waals surface area contributed by atoms with E-state index in [1.54, 1.807) is 6.92 Å². The normalized spacial score (nSPS) is 8.89. The van der Waals surface area contributed by atoms with E-state index in [1.165, 1.54) is 0 Å². The molecule has 0 heterocycles. The van der Waals surface area contributed by atoms with Gasteiger partial charge in [0.05, 0.1) is 0 Å². The van der Waals surface area contributed by atoms with Crippen molar-refractivity contribution in [2.75, 3.05) is 0 Å². The van der Waals surface area contributed by atoms with Crippen LogP contribution in [0.1, 0.15) is 33.6 Å². The number of rotatable bonds is 3. The van der Waals surface area contributed by atoms with Gasteiger partial charge in [0.25, 0.3) is 0 Å². The first-order chi connectivity index (χ1) is 3.72. The molecule has 0 aliphatic rings. The molecule has 1 nitrogen and oxygen atoms in total. The summed E-state index contributed by atoms with van der Waals surface area (Å²) in [5.74, 6) is 0.644. The fourth-order valence-electron chi connectivity index (χ4n) is 0.864. The summed E-state index contributed by atoms with van der Waals surface area (Å²) in [4.78, 5) is 10.6. The van der Waals surface area contributed by atoms with Crippen molar-refractivity contribution in [1.29, 1.82) is 0 Å². The molecule has 57 valence electrons. The van der Waals surface area contributed by atoms with E-state index in [1.807, 2.05) is 0 Å². The van der Waals surface area contributed by atoms with Gasteiger partial charge in [-0.1, -0.05) is 13.8 Å². The van der Waals surface area contributed by atoms with E-state index in [2.05, 4.69) is 13.8 Å². The molecule has 0 saturated carbocycles. The maximum atomic E-state index is 10.6. The molecule has 0 aliphatic heterocycles. The molecule has 0 saturated heterocycles. The number of Topliss-reactive ketones (excluding diaryl/α,β-unsaturated/α-hetero) is 1. The van der Waals surface area contributed by atoms with Crippen LogP contribution in [-0.2, 0) is 21.6 Å². The van der Waals surface area contributed by atoms with Crippen LogP contribution in [0.4, 0.5) is 0 Å². The van der Waals surface area contributed by atoms with Crippen molar-refractivity contribution >= 4 is 5.78 Å². The molecule has 1 radical (unpaired) electrons.